The molecule has 1 heterocycles. The van der Waals surface area contributed by atoms with Crippen LogP contribution in [0.15, 0.2) is 0 Å². The van der Waals surface area contributed by atoms with E-state index < -0.39 is 6.09 Å². The fraction of sp³-hybridized carbons (Fsp3) is 0.875. The lowest BCUT2D eigenvalue weighted by molar-refractivity contribution is -0.121. The van der Waals surface area contributed by atoms with Gasteiger partial charge >= 0.3 is 6.09 Å². The van der Waals surface area contributed by atoms with Gasteiger partial charge in [-0.25, -0.2) is 4.79 Å². The summed E-state index contributed by atoms with van der Waals surface area (Å²) in [5, 5.41) is 9.38. The second kappa shape index (κ2) is 5.74. The molecule has 20 heavy (non-hydrogen) atoms. The third kappa shape index (κ3) is 3.33. The van der Waals surface area contributed by atoms with E-state index in [9.17, 15) is 14.7 Å². The van der Waals surface area contributed by atoms with Crippen LogP contribution in [0.4, 0.5) is 4.79 Å². The average molecular weight is 281 g/mol. The maximum Gasteiger partial charge on any atom is 0.407 e. The molecule has 114 valence electrons. The third-order valence-electron chi connectivity index (χ3n) is 5.14. The Labute approximate surface area is 121 Å². The van der Waals surface area contributed by atoms with E-state index in [1.54, 1.807) is 4.90 Å². The standard InChI is InChI=1S/C16H27NO3/c1-16(2,3)14-10-12(8-9-17(14)15(19)20)11-4-6-13(18)7-5-11/h11-12,14H,4-10H2,1-3H3,(H,19,20). The topological polar surface area (TPSA) is 57.6 Å². The molecule has 2 fully saturated rings. The zero-order valence-corrected chi connectivity index (χ0v) is 12.9. The molecule has 1 N–H and O–H groups in total. The summed E-state index contributed by atoms with van der Waals surface area (Å²) in [6, 6.07) is 0.0939. The summed E-state index contributed by atoms with van der Waals surface area (Å²) in [6.45, 7) is 7.02. The molecule has 1 saturated carbocycles. The van der Waals surface area contributed by atoms with Crippen LogP contribution in [0.25, 0.3) is 0 Å². The van der Waals surface area contributed by atoms with Gasteiger partial charge in [-0.1, -0.05) is 20.8 Å². The summed E-state index contributed by atoms with van der Waals surface area (Å²) in [5.41, 5.74) is -0.0262. The molecule has 1 saturated heterocycles. The fourth-order valence-corrected chi connectivity index (χ4v) is 3.90. The molecule has 0 bridgehead atoms. The van der Waals surface area contributed by atoms with Crippen LogP contribution in [0.2, 0.25) is 0 Å². The van der Waals surface area contributed by atoms with E-state index in [1.807, 2.05) is 0 Å². The third-order valence-corrected chi connectivity index (χ3v) is 5.14. The number of Topliss-reactive ketones (excluding diaryl/α,β-unsaturated/α-hetero) is 1. The van der Waals surface area contributed by atoms with Crippen LogP contribution in [0.1, 0.15) is 59.3 Å². The maximum absolute atomic E-state index is 11.4. The minimum atomic E-state index is -0.790. The Morgan fingerprint density at radius 1 is 1.15 bits per heavy atom. The van der Waals surface area contributed by atoms with E-state index in [2.05, 4.69) is 20.8 Å². The lowest BCUT2D eigenvalue weighted by atomic mass is 9.69. The number of hydrogen-bond acceptors (Lipinski definition) is 2. The monoisotopic (exact) mass is 281 g/mol. The quantitative estimate of drug-likeness (QED) is 0.799. The van der Waals surface area contributed by atoms with Gasteiger partial charge in [0.15, 0.2) is 0 Å². The molecule has 1 amide bonds. The van der Waals surface area contributed by atoms with Gasteiger partial charge in [0.05, 0.1) is 0 Å². The lowest BCUT2D eigenvalue weighted by Gasteiger charge is -2.46. The number of amides is 1. The minimum Gasteiger partial charge on any atom is -0.465 e. The second-order valence-electron chi connectivity index (χ2n) is 7.52. The number of rotatable bonds is 1. The predicted octanol–water partition coefficient (Wildman–Crippen LogP) is 3.55. The molecule has 2 aliphatic rings. The number of carbonyl (C=O) groups is 2. The van der Waals surface area contributed by atoms with Crippen molar-refractivity contribution in [3.05, 3.63) is 0 Å². The highest BCUT2D eigenvalue weighted by Crippen LogP contribution is 2.41. The Morgan fingerprint density at radius 3 is 2.25 bits per heavy atom. The van der Waals surface area contributed by atoms with Crippen molar-refractivity contribution in [2.45, 2.75) is 65.3 Å². The van der Waals surface area contributed by atoms with E-state index in [0.29, 0.717) is 24.2 Å². The SMILES string of the molecule is CC(C)(C)C1CC(C2CCC(=O)CC2)CCN1C(=O)O. The lowest BCUT2D eigenvalue weighted by Crippen LogP contribution is -2.52. The van der Waals surface area contributed by atoms with Crippen molar-refractivity contribution in [3.8, 4) is 0 Å². The molecule has 0 radical (unpaired) electrons. The first-order chi connectivity index (χ1) is 9.29. The van der Waals surface area contributed by atoms with E-state index >= 15 is 0 Å². The van der Waals surface area contributed by atoms with E-state index in [-0.39, 0.29) is 11.5 Å². The predicted molar refractivity (Wildman–Crippen MR) is 77.7 cm³/mol. The normalized spacial score (nSPS) is 29.6. The summed E-state index contributed by atoms with van der Waals surface area (Å²) >= 11 is 0. The zero-order valence-electron chi connectivity index (χ0n) is 12.9. The number of carbonyl (C=O) groups excluding carboxylic acids is 1. The highest BCUT2D eigenvalue weighted by molar-refractivity contribution is 5.79. The molecule has 4 nitrogen and oxygen atoms in total. The fourth-order valence-electron chi connectivity index (χ4n) is 3.90. The van der Waals surface area contributed by atoms with Gasteiger partial charge in [0, 0.05) is 25.4 Å². The Hall–Kier alpha value is -1.06. The molecule has 1 aliphatic carbocycles. The van der Waals surface area contributed by atoms with Gasteiger partial charge < -0.3 is 10.0 Å². The van der Waals surface area contributed by atoms with Gasteiger partial charge in [-0.05, 0) is 42.9 Å². The molecule has 0 aromatic heterocycles. The van der Waals surface area contributed by atoms with Crippen molar-refractivity contribution < 1.29 is 14.7 Å². The van der Waals surface area contributed by atoms with Crippen molar-refractivity contribution in [2.75, 3.05) is 6.54 Å². The van der Waals surface area contributed by atoms with Crippen LogP contribution >= 0.6 is 0 Å². The molecule has 0 aromatic rings. The van der Waals surface area contributed by atoms with Gasteiger partial charge in [0.1, 0.15) is 5.78 Å². The summed E-state index contributed by atoms with van der Waals surface area (Å²) < 4.78 is 0. The Kier molecular flexibility index (Phi) is 4.40. The largest absolute Gasteiger partial charge is 0.465 e. The van der Waals surface area contributed by atoms with Gasteiger partial charge in [0.2, 0.25) is 0 Å². The van der Waals surface area contributed by atoms with Crippen molar-refractivity contribution >= 4 is 11.9 Å². The van der Waals surface area contributed by atoms with Crippen LogP contribution in [-0.2, 0) is 4.79 Å². The van der Waals surface area contributed by atoms with Crippen LogP contribution in [-0.4, -0.2) is 34.5 Å². The van der Waals surface area contributed by atoms with Crippen molar-refractivity contribution in [2.24, 2.45) is 17.3 Å². The highest BCUT2D eigenvalue weighted by Gasteiger charge is 2.41. The first-order valence-electron chi connectivity index (χ1n) is 7.80. The summed E-state index contributed by atoms with van der Waals surface area (Å²) in [5.74, 6) is 1.60. The number of likely N-dealkylation sites (tertiary alicyclic amines) is 1. The Morgan fingerprint density at radius 2 is 1.75 bits per heavy atom. The van der Waals surface area contributed by atoms with E-state index in [4.69, 9.17) is 0 Å². The van der Waals surface area contributed by atoms with Gasteiger partial charge in [-0.15, -0.1) is 0 Å². The van der Waals surface area contributed by atoms with Crippen molar-refractivity contribution in [1.82, 2.24) is 4.90 Å². The van der Waals surface area contributed by atoms with Gasteiger partial charge in [-0.3, -0.25) is 4.79 Å². The number of piperidine rings is 1. The molecule has 0 aromatic carbocycles. The van der Waals surface area contributed by atoms with E-state index in [0.717, 1.165) is 38.5 Å². The first-order valence-corrected chi connectivity index (χ1v) is 7.80. The number of nitrogens with zero attached hydrogens (tertiary/aromatic N) is 1. The number of carboxylic acid groups (broad SMARTS) is 1. The number of ketones is 1. The smallest absolute Gasteiger partial charge is 0.407 e. The Bertz CT molecular complexity index is 376. The molecule has 4 heteroatoms. The summed E-state index contributed by atoms with van der Waals surface area (Å²) in [6.07, 6.45) is 4.59. The molecular weight excluding hydrogens is 254 g/mol. The minimum absolute atomic E-state index is 0.0262. The molecule has 1 aliphatic heterocycles. The molecule has 2 unspecified atom stereocenters. The Balaban J connectivity index is 2.05. The maximum atomic E-state index is 11.4. The van der Waals surface area contributed by atoms with Gasteiger partial charge in [-0.2, -0.15) is 0 Å². The highest BCUT2D eigenvalue weighted by atomic mass is 16.4. The van der Waals surface area contributed by atoms with Crippen LogP contribution in [0, 0.1) is 17.3 Å². The van der Waals surface area contributed by atoms with Crippen molar-refractivity contribution in [1.29, 1.82) is 0 Å². The average Bonchev–Trinajstić information content (AvgIpc) is 2.38. The molecule has 0 spiro atoms. The second-order valence-corrected chi connectivity index (χ2v) is 7.52. The zero-order chi connectivity index (χ0) is 14.9. The van der Waals surface area contributed by atoms with E-state index in [1.165, 1.54) is 0 Å². The van der Waals surface area contributed by atoms with Crippen LogP contribution < -0.4 is 0 Å². The van der Waals surface area contributed by atoms with Crippen LogP contribution in [0.3, 0.4) is 0 Å². The van der Waals surface area contributed by atoms with Crippen molar-refractivity contribution in [3.63, 3.8) is 0 Å². The molecule has 2 atom stereocenters. The van der Waals surface area contributed by atoms with Crippen LogP contribution in [0.5, 0.6) is 0 Å². The molecule has 2 rings (SSSR count). The van der Waals surface area contributed by atoms with Gasteiger partial charge in [0.25, 0.3) is 0 Å². The summed E-state index contributed by atoms with van der Waals surface area (Å²) in [4.78, 5) is 24.4. The summed E-state index contributed by atoms with van der Waals surface area (Å²) in [7, 11) is 0. The molecular formula is C16H27NO3. The number of hydrogen-bond donors (Lipinski definition) is 1. The first kappa shape index (κ1) is 15.3.